The Balaban J connectivity index is 1.58. The number of nitrogens with one attached hydrogen (secondary N) is 2. The minimum atomic E-state index is 0.0234. The van der Waals surface area contributed by atoms with E-state index in [1.54, 1.807) is 0 Å². The first kappa shape index (κ1) is 14.2. The molecule has 0 saturated heterocycles. The van der Waals surface area contributed by atoms with Crippen LogP contribution in [-0.2, 0) is 11.2 Å². The Labute approximate surface area is 126 Å². The average molecular weight is 284 g/mol. The molecule has 1 aromatic carbocycles. The summed E-state index contributed by atoms with van der Waals surface area (Å²) in [6.07, 6.45) is 9.40. The fourth-order valence-corrected chi connectivity index (χ4v) is 3.44. The fraction of sp³-hybridized carbons (Fsp3) is 0.500. The van der Waals surface area contributed by atoms with Gasteiger partial charge in [-0.2, -0.15) is 0 Å². The van der Waals surface area contributed by atoms with E-state index in [1.807, 2.05) is 18.3 Å². The molecule has 1 aliphatic carbocycles. The molecule has 21 heavy (non-hydrogen) atoms. The highest BCUT2D eigenvalue weighted by atomic mass is 16.1. The van der Waals surface area contributed by atoms with Crippen LogP contribution in [0, 0.1) is 0 Å². The summed E-state index contributed by atoms with van der Waals surface area (Å²) in [6.45, 7) is 2.19. The van der Waals surface area contributed by atoms with Crippen molar-refractivity contribution in [1.82, 2.24) is 10.3 Å². The zero-order valence-electron chi connectivity index (χ0n) is 12.7. The van der Waals surface area contributed by atoms with Gasteiger partial charge in [0.25, 0.3) is 0 Å². The molecular formula is C18H24N2O. The number of hydrogen-bond acceptors (Lipinski definition) is 1. The van der Waals surface area contributed by atoms with Crippen molar-refractivity contribution in [3.05, 3.63) is 36.0 Å². The number of hydrogen-bond donors (Lipinski definition) is 2. The van der Waals surface area contributed by atoms with E-state index in [9.17, 15) is 4.79 Å². The quantitative estimate of drug-likeness (QED) is 0.877. The average Bonchev–Trinajstić information content (AvgIpc) is 2.89. The van der Waals surface area contributed by atoms with E-state index < -0.39 is 0 Å². The summed E-state index contributed by atoms with van der Waals surface area (Å²) >= 11 is 0. The van der Waals surface area contributed by atoms with E-state index in [2.05, 4.69) is 29.4 Å². The maximum Gasteiger partial charge on any atom is 0.220 e. The first-order chi connectivity index (χ1) is 10.2. The Morgan fingerprint density at radius 3 is 2.81 bits per heavy atom. The van der Waals surface area contributed by atoms with Crippen molar-refractivity contribution in [2.24, 2.45) is 0 Å². The van der Waals surface area contributed by atoms with Gasteiger partial charge in [-0.3, -0.25) is 4.79 Å². The van der Waals surface area contributed by atoms with Crippen LogP contribution >= 0.6 is 0 Å². The monoisotopic (exact) mass is 284 g/mol. The Bertz CT molecular complexity index is 623. The van der Waals surface area contributed by atoms with Gasteiger partial charge >= 0.3 is 0 Å². The van der Waals surface area contributed by atoms with Crippen LogP contribution in [0.3, 0.4) is 0 Å². The number of carbonyl (C=O) groups excluding carboxylic acids is 1. The molecule has 0 radical (unpaired) electrons. The summed E-state index contributed by atoms with van der Waals surface area (Å²) in [4.78, 5) is 15.5. The Kier molecular flexibility index (Phi) is 4.00. The number of aromatic nitrogens is 1. The Morgan fingerprint density at radius 2 is 2.00 bits per heavy atom. The van der Waals surface area contributed by atoms with Crippen LogP contribution in [-0.4, -0.2) is 16.4 Å². The van der Waals surface area contributed by atoms with Crippen LogP contribution in [0.25, 0.3) is 10.9 Å². The number of benzene rings is 1. The Morgan fingerprint density at radius 1 is 1.24 bits per heavy atom. The highest BCUT2D eigenvalue weighted by Gasteiger charge is 2.28. The van der Waals surface area contributed by atoms with E-state index in [1.165, 1.54) is 30.2 Å². The molecule has 1 amide bonds. The number of aryl methyl sites for hydroxylation is 1. The minimum absolute atomic E-state index is 0.0234. The molecule has 1 aromatic heterocycles. The molecule has 1 heterocycles. The minimum Gasteiger partial charge on any atom is -0.361 e. The van der Waals surface area contributed by atoms with Crippen molar-refractivity contribution < 1.29 is 4.79 Å². The molecule has 3 heteroatoms. The molecule has 3 nitrogen and oxygen atoms in total. The molecule has 2 N–H and O–H groups in total. The van der Waals surface area contributed by atoms with Gasteiger partial charge in [-0.1, -0.05) is 37.5 Å². The van der Waals surface area contributed by atoms with Gasteiger partial charge in [0.2, 0.25) is 5.91 Å². The first-order valence-electron chi connectivity index (χ1n) is 8.02. The number of para-hydroxylation sites is 1. The molecule has 0 unspecified atom stereocenters. The van der Waals surface area contributed by atoms with Crippen LogP contribution in [0.5, 0.6) is 0 Å². The summed E-state index contributed by atoms with van der Waals surface area (Å²) in [5.74, 6) is 0.185. The van der Waals surface area contributed by atoms with Gasteiger partial charge in [-0.05, 0) is 37.8 Å². The van der Waals surface area contributed by atoms with Gasteiger partial charge in [-0.25, -0.2) is 0 Å². The van der Waals surface area contributed by atoms with Crippen LogP contribution in [0.4, 0.5) is 0 Å². The lowest BCUT2D eigenvalue weighted by Gasteiger charge is -2.34. The number of carbonyl (C=O) groups is 1. The van der Waals surface area contributed by atoms with Gasteiger partial charge in [0, 0.05) is 29.1 Å². The van der Waals surface area contributed by atoms with Gasteiger partial charge in [0.05, 0.1) is 0 Å². The molecule has 1 saturated carbocycles. The summed E-state index contributed by atoms with van der Waals surface area (Å²) in [6, 6.07) is 8.26. The summed E-state index contributed by atoms with van der Waals surface area (Å²) in [7, 11) is 0. The van der Waals surface area contributed by atoms with Crippen LogP contribution < -0.4 is 5.32 Å². The molecule has 112 valence electrons. The molecule has 0 bridgehead atoms. The van der Waals surface area contributed by atoms with Crippen molar-refractivity contribution in [3.8, 4) is 0 Å². The molecular weight excluding hydrogens is 260 g/mol. The molecule has 3 rings (SSSR count). The van der Waals surface area contributed by atoms with E-state index in [0.29, 0.717) is 6.42 Å². The number of rotatable bonds is 4. The SMILES string of the molecule is CC1(NC(=O)CCc2c[nH]c3ccccc23)CCCCC1. The second-order valence-electron chi connectivity index (χ2n) is 6.53. The topological polar surface area (TPSA) is 44.9 Å². The van der Waals surface area contributed by atoms with Crippen molar-refractivity contribution >= 4 is 16.8 Å². The molecule has 1 fully saturated rings. The zero-order valence-corrected chi connectivity index (χ0v) is 12.7. The maximum atomic E-state index is 12.2. The highest BCUT2D eigenvalue weighted by molar-refractivity contribution is 5.84. The van der Waals surface area contributed by atoms with E-state index >= 15 is 0 Å². The predicted octanol–water partition coefficient (Wildman–Crippen LogP) is 3.94. The van der Waals surface area contributed by atoms with Gasteiger partial charge in [0.15, 0.2) is 0 Å². The molecule has 0 aliphatic heterocycles. The summed E-state index contributed by atoms with van der Waals surface area (Å²) in [5.41, 5.74) is 2.40. The maximum absolute atomic E-state index is 12.2. The van der Waals surface area contributed by atoms with Crippen LogP contribution in [0.15, 0.2) is 30.5 Å². The number of H-pyrrole nitrogens is 1. The van der Waals surface area contributed by atoms with E-state index in [0.717, 1.165) is 24.8 Å². The lowest BCUT2D eigenvalue weighted by molar-refractivity contribution is -0.123. The van der Waals surface area contributed by atoms with Gasteiger partial charge in [0.1, 0.15) is 0 Å². The fourth-order valence-electron chi connectivity index (χ4n) is 3.44. The molecule has 2 aromatic rings. The summed E-state index contributed by atoms with van der Waals surface area (Å²) < 4.78 is 0. The zero-order chi connectivity index (χ0) is 14.7. The Hall–Kier alpha value is -1.77. The third kappa shape index (κ3) is 3.29. The number of fused-ring (bicyclic) bond motifs is 1. The highest BCUT2D eigenvalue weighted by Crippen LogP contribution is 2.27. The third-order valence-electron chi connectivity index (χ3n) is 4.69. The largest absolute Gasteiger partial charge is 0.361 e. The third-order valence-corrected chi connectivity index (χ3v) is 4.69. The van der Waals surface area contributed by atoms with Gasteiger partial charge < -0.3 is 10.3 Å². The van der Waals surface area contributed by atoms with Gasteiger partial charge in [-0.15, -0.1) is 0 Å². The number of aromatic amines is 1. The second-order valence-corrected chi connectivity index (χ2v) is 6.53. The van der Waals surface area contributed by atoms with Crippen LogP contribution in [0.2, 0.25) is 0 Å². The van der Waals surface area contributed by atoms with Crippen molar-refractivity contribution in [2.75, 3.05) is 0 Å². The first-order valence-corrected chi connectivity index (χ1v) is 8.02. The normalized spacial score (nSPS) is 17.8. The van der Waals surface area contributed by atoms with Crippen molar-refractivity contribution in [2.45, 2.75) is 57.4 Å². The number of amides is 1. The second kappa shape index (κ2) is 5.92. The summed E-state index contributed by atoms with van der Waals surface area (Å²) in [5, 5.41) is 4.49. The smallest absolute Gasteiger partial charge is 0.220 e. The van der Waals surface area contributed by atoms with Crippen LogP contribution in [0.1, 0.15) is 51.0 Å². The molecule has 0 atom stereocenters. The predicted molar refractivity (Wildman–Crippen MR) is 86.3 cm³/mol. The molecule has 0 spiro atoms. The van der Waals surface area contributed by atoms with E-state index in [-0.39, 0.29) is 11.4 Å². The lowest BCUT2D eigenvalue weighted by atomic mass is 9.83. The van der Waals surface area contributed by atoms with Crippen molar-refractivity contribution in [3.63, 3.8) is 0 Å². The molecule has 1 aliphatic rings. The standard InChI is InChI=1S/C18H24N2O/c1-18(11-5-2-6-12-18)20-17(21)10-9-14-13-19-16-8-4-3-7-15(14)16/h3-4,7-8,13,19H,2,5-6,9-12H2,1H3,(H,20,21). The lowest BCUT2D eigenvalue weighted by Crippen LogP contribution is -2.47. The van der Waals surface area contributed by atoms with Crippen molar-refractivity contribution in [1.29, 1.82) is 0 Å². The van der Waals surface area contributed by atoms with E-state index in [4.69, 9.17) is 0 Å².